The number of hydrazone groups is 1. The molecule has 0 aliphatic rings. The molecule has 0 spiro atoms. The molecule has 0 atom stereocenters. The van der Waals surface area contributed by atoms with Gasteiger partial charge in [-0.05, 0) is 49.2 Å². The van der Waals surface area contributed by atoms with Crippen molar-refractivity contribution in [3.8, 4) is 0 Å². The summed E-state index contributed by atoms with van der Waals surface area (Å²) in [7, 11) is 0. The van der Waals surface area contributed by atoms with E-state index in [1.54, 1.807) is 12.1 Å². The van der Waals surface area contributed by atoms with E-state index in [2.05, 4.69) is 36.1 Å². The van der Waals surface area contributed by atoms with Gasteiger partial charge in [0.1, 0.15) is 0 Å². The molecule has 186 valence electrons. The highest BCUT2D eigenvalue weighted by Gasteiger charge is 2.10. The van der Waals surface area contributed by atoms with Crippen molar-refractivity contribution in [3.63, 3.8) is 0 Å². The van der Waals surface area contributed by atoms with Gasteiger partial charge in [-0.2, -0.15) is 20.1 Å². The number of nitrogens with one attached hydrogen (secondary N) is 3. The first-order chi connectivity index (χ1) is 17.8. The van der Waals surface area contributed by atoms with Crippen LogP contribution in [0.4, 0.5) is 40.6 Å². The second-order valence-corrected chi connectivity index (χ2v) is 7.88. The van der Waals surface area contributed by atoms with Crippen LogP contribution in [0, 0.1) is 34.1 Å². The molecule has 1 aromatic heterocycles. The summed E-state index contributed by atoms with van der Waals surface area (Å²) in [6.07, 6.45) is 1.40. The van der Waals surface area contributed by atoms with Gasteiger partial charge in [0, 0.05) is 41.2 Å². The van der Waals surface area contributed by atoms with E-state index in [9.17, 15) is 20.2 Å². The normalized spacial score (nSPS) is 10.8. The topological polar surface area (TPSA) is 173 Å². The van der Waals surface area contributed by atoms with Gasteiger partial charge >= 0.3 is 0 Å². The first-order valence-corrected chi connectivity index (χ1v) is 10.9. The molecule has 0 aliphatic carbocycles. The van der Waals surface area contributed by atoms with Crippen molar-refractivity contribution in [2.24, 2.45) is 5.10 Å². The number of rotatable bonds is 9. The molecule has 13 nitrogen and oxygen atoms in total. The average Bonchev–Trinajstić information content (AvgIpc) is 2.87. The Balaban J connectivity index is 1.60. The number of anilines is 5. The maximum Gasteiger partial charge on any atom is 0.270 e. The fourth-order valence-corrected chi connectivity index (χ4v) is 3.16. The molecular weight excluding hydrogens is 478 g/mol. The summed E-state index contributed by atoms with van der Waals surface area (Å²) in [6.45, 7) is 4.00. The van der Waals surface area contributed by atoms with Gasteiger partial charge < -0.3 is 10.6 Å². The van der Waals surface area contributed by atoms with E-state index in [1.165, 1.54) is 42.6 Å². The van der Waals surface area contributed by atoms with Crippen LogP contribution >= 0.6 is 0 Å². The van der Waals surface area contributed by atoms with Gasteiger partial charge in [0.25, 0.3) is 11.4 Å². The minimum atomic E-state index is -0.488. The largest absolute Gasteiger partial charge is 0.324 e. The molecule has 0 saturated carbocycles. The average molecular weight is 499 g/mol. The maximum atomic E-state index is 11.0. The standard InChI is InChI=1S/C24H21N9O4/c1-15-6-7-19(12-16(15)2)27-23-28-22(26-18-8-10-20(11-9-18)32(34)35)29-24(30-23)31-25-14-17-4-3-5-21(13-17)33(36)37/h3-14H,1-2H3,(H3,26,27,28,29,30,31)/b25-14-. The van der Waals surface area contributed by atoms with Crippen molar-refractivity contribution in [1.29, 1.82) is 0 Å². The van der Waals surface area contributed by atoms with Crippen LogP contribution in [0.1, 0.15) is 16.7 Å². The summed E-state index contributed by atoms with van der Waals surface area (Å²) in [6, 6.07) is 17.6. The molecule has 0 bridgehead atoms. The zero-order valence-electron chi connectivity index (χ0n) is 19.7. The van der Waals surface area contributed by atoms with Gasteiger partial charge in [0.2, 0.25) is 17.8 Å². The quantitative estimate of drug-likeness (QED) is 0.157. The molecule has 4 aromatic rings. The van der Waals surface area contributed by atoms with Crippen molar-refractivity contribution < 1.29 is 9.85 Å². The Bertz CT molecular complexity index is 1490. The van der Waals surface area contributed by atoms with E-state index in [0.717, 1.165) is 16.8 Å². The summed E-state index contributed by atoms with van der Waals surface area (Å²) < 4.78 is 0. The number of aryl methyl sites for hydroxylation is 2. The van der Waals surface area contributed by atoms with Crippen LogP contribution < -0.4 is 16.1 Å². The Morgan fingerprint density at radius 2 is 1.35 bits per heavy atom. The molecule has 0 fully saturated rings. The minimum absolute atomic E-state index is 0.0452. The van der Waals surface area contributed by atoms with Crippen LogP contribution in [-0.2, 0) is 0 Å². The lowest BCUT2D eigenvalue weighted by Gasteiger charge is -2.11. The maximum absolute atomic E-state index is 11.0. The Morgan fingerprint density at radius 3 is 2.00 bits per heavy atom. The van der Waals surface area contributed by atoms with Crippen LogP contribution in [-0.4, -0.2) is 31.0 Å². The second kappa shape index (κ2) is 10.9. The molecule has 0 radical (unpaired) electrons. The predicted octanol–water partition coefficient (Wildman–Crippen LogP) is 5.24. The number of nitro groups is 2. The Hall–Kier alpha value is -5.46. The summed E-state index contributed by atoms with van der Waals surface area (Å²) in [5, 5.41) is 32.1. The van der Waals surface area contributed by atoms with Crippen molar-refractivity contribution in [3.05, 3.63) is 104 Å². The van der Waals surface area contributed by atoms with E-state index >= 15 is 0 Å². The Morgan fingerprint density at radius 1 is 0.730 bits per heavy atom. The molecule has 0 amide bonds. The van der Waals surface area contributed by atoms with Crippen LogP contribution in [0.5, 0.6) is 0 Å². The van der Waals surface area contributed by atoms with E-state index < -0.39 is 9.85 Å². The van der Waals surface area contributed by atoms with Gasteiger partial charge in [-0.3, -0.25) is 20.2 Å². The number of nitro benzene ring substituents is 2. The third-order valence-corrected chi connectivity index (χ3v) is 5.19. The lowest BCUT2D eigenvalue weighted by molar-refractivity contribution is -0.385. The fourth-order valence-electron chi connectivity index (χ4n) is 3.16. The van der Waals surface area contributed by atoms with Crippen LogP contribution in [0.15, 0.2) is 71.8 Å². The highest BCUT2D eigenvalue weighted by atomic mass is 16.6. The molecule has 0 aliphatic heterocycles. The Kier molecular flexibility index (Phi) is 7.24. The number of nitrogens with zero attached hydrogens (tertiary/aromatic N) is 6. The van der Waals surface area contributed by atoms with E-state index in [4.69, 9.17) is 0 Å². The lowest BCUT2D eigenvalue weighted by atomic mass is 10.1. The Labute approximate surface area is 210 Å². The van der Waals surface area contributed by atoms with Crippen molar-refractivity contribution in [2.45, 2.75) is 13.8 Å². The molecule has 37 heavy (non-hydrogen) atoms. The molecule has 3 N–H and O–H groups in total. The van der Waals surface area contributed by atoms with E-state index in [0.29, 0.717) is 11.3 Å². The molecule has 3 aromatic carbocycles. The summed E-state index contributed by atoms with van der Waals surface area (Å²) in [5.74, 6) is 0.464. The predicted molar refractivity (Wildman–Crippen MR) is 140 cm³/mol. The zero-order valence-corrected chi connectivity index (χ0v) is 19.7. The highest BCUT2D eigenvalue weighted by molar-refractivity contribution is 5.81. The van der Waals surface area contributed by atoms with Crippen molar-refractivity contribution >= 4 is 46.8 Å². The third-order valence-electron chi connectivity index (χ3n) is 5.19. The smallest absolute Gasteiger partial charge is 0.270 e. The van der Waals surface area contributed by atoms with Gasteiger partial charge in [-0.1, -0.05) is 18.2 Å². The van der Waals surface area contributed by atoms with E-state index in [-0.39, 0.29) is 29.2 Å². The number of benzene rings is 3. The summed E-state index contributed by atoms with van der Waals surface area (Å²) in [5.41, 5.74) is 6.63. The van der Waals surface area contributed by atoms with E-state index in [1.807, 2.05) is 32.0 Å². The summed E-state index contributed by atoms with van der Waals surface area (Å²) >= 11 is 0. The first kappa shape index (κ1) is 24.7. The molecule has 13 heteroatoms. The van der Waals surface area contributed by atoms with Gasteiger partial charge in [0.15, 0.2) is 0 Å². The molecular formula is C24H21N9O4. The lowest BCUT2D eigenvalue weighted by Crippen LogP contribution is -2.07. The number of hydrogen-bond acceptors (Lipinski definition) is 11. The monoisotopic (exact) mass is 499 g/mol. The van der Waals surface area contributed by atoms with Crippen molar-refractivity contribution in [1.82, 2.24) is 15.0 Å². The second-order valence-electron chi connectivity index (χ2n) is 7.88. The first-order valence-electron chi connectivity index (χ1n) is 10.9. The molecule has 0 unspecified atom stereocenters. The number of aromatic nitrogens is 3. The number of non-ortho nitro benzene ring substituents is 2. The number of hydrogen-bond donors (Lipinski definition) is 3. The van der Waals surface area contributed by atoms with Gasteiger partial charge in [0.05, 0.1) is 16.1 Å². The minimum Gasteiger partial charge on any atom is -0.324 e. The molecule has 0 saturated heterocycles. The zero-order chi connectivity index (χ0) is 26.4. The fraction of sp³-hybridized carbons (Fsp3) is 0.0833. The van der Waals surface area contributed by atoms with Crippen LogP contribution in [0.3, 0.4) is 0 Å². The van der Waals surface area contributed by atoms with Crippen LogP contribution in [0.25, 0.3) is 0 Å². The third kappa shape index (κ3) is 6.57. The highest BCUT2D eigenvalue weighted by Crippen LogP contribution is 2.22. The van der Waals surface area contributed by atoms with Crippen molar-refractivity contribution in [2.75, 3.05) is 16.1 Å². The van der Waals surface area contributed by atoms with Crippen LogP contribution in [0.2, 0.25) is 0 Å². The SMILES string of the molecule is Cc1ccc(Nc2nc(N/N=C\c3cccc([N+](=O)[O-])c3)nc(Nc3ccc([N+](=O)[O-])cc3)n2)cc1C. The summed E-state index contributed by atoms with van der Waals surface area (Å²) in [4.78, 5) is 34.0. The van der Waals surface area contributed by atoms with Gasteiger partial charge in [-0.15, -0.1) is 0 Å². The molecule has 4 rings (SSSR count). The van der Waals surface area contributed by atoms with Gasteiger partial charge in [-0.25, -0.2) is 5.43 Å². The molecule has 1 heterocycles.